The van der Waals surface area contributed by atoms with E-state index in [0.29, 0.717) is 17.1 Å². The van der Waals surface area contributed by atoms with E-state index in [2.05, 4.69) is 4.98 Å². The molecule has 0 fully saturated rings. The number of hydrogen-bond acceptors (Lipinski definition) is 2. The summed E-state index contributed by atoms with van der Waals surface area (Å²) in [4.78, 5) is 15.9. The van der Waals surface area contributed by atoms with Gasteiger partial charge in [-0.3, -0.25) is 4.79 Å². The number of aromatic nitrogens is 1. The first-order valence-corrected chi connectivity index (χ1v) is 5.74. The van der Waals surface area contributed by atoms with Crippen molar-refractivity contribution < 1.29 is 4.79 Å². The van der Waals surface area contributed by atoms with Crippen LogP contribution in [0.25, 0.3) is 0 Å². The van der Waals surface area contributed by atoms with E-state index in [9.17, 15) is 4.79 Å². The Hall–Kier alpha value is -1.67. The maximum atomic E-state index is 12.0. The molecular weight excluding hydrogens is 234 g/mol. The lowest BCUT2D eigenvalue weighted by molar-refractivity contribution is 0.0992. The minimum atomic E-state index is 0.0588. The summed E-state index contributed by atoms with van der Waals surface area (Å²) < 4.78 is 0. The average molecular weight is 246 g/mol. The Balaban J connectivity index is 2.17. The van der Waals surface area contributed by atoms with Crippen LogP contribution in [0.5, 0.6) is 0 Å². The van der Waals surface area contributed by atoms with Gasteiger partial charge in [-0.2, -0.15) is 0 Å². The van der Waals surface area contributed by atoms with Crippen LogP contribution in [-0.2, 0) is 6.42 Å². The molecule has 0 bridgehead atoms. The minimum absolute atomic E-state index is 0.0588. The second kappa shape index (κ2) is 5.11. The Morgan fingerprint density at radius 1 is 1.24 bits per heavy atom. The van der Waals surface area contributed by atoms with Crippen LogP contribution in [0.3, 0.4) is 0 Å². The van der Waals surface area contributed by atoms with E-state index in [1.54, 1.807) is 12.1 Å². The summed E-state index contributed by atoms with van der Waals surface area (Å²) in [5.41, 5.74) is 2.77. The molecule has 2 aromatic rings. The normalized spacial score (nSPS) is 10.2. The average Bonchev–Trinajstić information content (AvgIpc) is 2.33. The number of Topliss-reactive ketones (excluding diaryl/α,β-unsaturated/α-hetero) is 1. The number of rotatable bonds is 3. The first kappa shape index (κ1) is 11.8. The first-order chi connectivity index (χ1) is 8.16. The summed E-state index contributed by atoms with van der Waals surface area (Å²) in [6, 6.07) is 11.2. The van der Waals surface area contributed by atoms with Gasteiger partial charge in [-0.05, 0) is 30.2 Å². The number of aryl methyl sites for hydroxylation is 1. The van der Waals surface area contributed by atoms with Crippen LogP contribution >= 0.6 is 11.6 Å². The maximum Gasteiger partial charge on any atom is 0.168 e. The van der Waals surface area contributed by atoms with E-state index in [1.165, 1.54) is 6.20 Å². The molecule has 0 aliphatic rings. The van der Waals surface area contributed by atoms with Crippen molar-refractivity contribution in [1.82, 2.24) is 4.98 Å². The number of pyridine rings is 1. The van der Waals surface area contributed by atoms with Crippen LogP contribution in [0.2, 0.25) is 5.15 Å². The minimum Gasteiger partial charge on any atom is -0.294 e. The highest BCUT2D eigenvalue weighted by molar-refractivity contribution is 6.29. The number of carbonyl (C=O) groups is 1. The summed E-state index contributed by atoms with van der Waals surface area (Å²) in [5, 5.41) is 0.400. The summed E-state index contributed by atoms with van der Waals surface area (Å²) in [6.07, 6.45) is 1.92. The van der Waals surface area contributed by atoms with Gasteiger partial charge in [0.1, 0.15) is 5.15 Å². The van der Waals surface area contributed by atoms with Crippen LogP contribution in [0, 0.1) is 6.92 Å². The molecule has 0 N–H and O–H groups in total. The highest BCUT2D eigenvalue weighted by Crippen LogP contribution is 2.12. The summed E-state index contributed by atoms with van der Waals surface area (Å²) in [7, 11) is 0. The molecule has 0 amide bonds. The zero-order chi connectivity index (χ0) is 12.3. The maximum absolute atomic E-state index is 12.0. The molecule has 86 valence electrons. The molecule has 1 heterocycles. The number of benzene rings is 1. The van der Waals surface area contributed by atoms with Crippen molar-refractivity contribution in [2.45, 2.75) is 13.3 Å². The van der Waals surface area contributed by atoms with E-state index in [1.807, 2.05) is 31.2 Å². The highest BCUT2D eigenvalue weighted by Gasteiger charge is 2.08. The van der Waals surface area contributed by atoms with Crippen LogP contribution < -0.4 is 0 Å². The Morgan fingerprint density at radius 3 is 2.65 bits per heavy atom. The molecule has 2 nitrogen and oxygen atoms in total. The molecule has 0 radical (unpaired) electrons. The smallest absolute Gasteiger partial charge is 0.168 e. The Labute approximate surface area is 105 Å². The third-order valence-electron chi connectivity index (χ3n) is 2.66. The van der Waals surface area contributed by atoms with Gasteiger partial charge in [0.25, 0.3) is 0 Å². The van der Waals surface area contributed by atoms with Crippen LogP contribution in [0.1, 0.15) is 21.5 Å². The van der Waals surface area contributed by atoms with E-state index in [4.69, 9.17) is 11.6 Å². The molecule has 0 aliphatic carbocycles. The van der Waals surface area contributed by atoms with Gasteiger partial charge in [0.2, 0.25) is 0 Å². The van der Waals surface area contributed by atoms with Crippen LogP contribution in [-0.4, -0.2) is 10.8 Å². The molecule has 1 aromatic carbocycles. The lowest BCUT2D eigenvalue weighted by atomic mass is 10.0. The predicted octanol–water partition coefficient (Wildman–Crippen LogP) is 3.47. The standard InChI is InChI=1S/C14H12ClNO/c1-10-4-2-3-5-11(10)8-13(17)12-6-7-14(15)16-9-12/h2-7,9H,8H2,1H3. The molecule has 0 saturated carbocycles. The molecule has 1 aromatic heterocycles. The molecule has 3 heteroatoms. The first-order valence-electron chi connectivity index (χ1n) is 5.36. The van der Waals surface area contributed by atoms with Gasteiger partial charge >= 0.3 is 0 Å². The van der Waals surface area contributed by atoms with E-state index in [0.717, 1.165) is 11.1 Å². The van der Waals surface area contributed by atoms with Crippen molar-refractivity contribution >= 4 is 17.4 Å². The highest BCUT2D eigenvalue weighted by atomic mass is 35.5. The zero-order valence-corrected chi connectivity index (χ0v) is 10.2. The molecule has 2 rings (SSSR count). The number of ketones is 1. The van der Waals surface area contributed by atoms with Crippen LogP contribution in [0.15, 0.2) is 42.6 Å². The Kier molecular flexibility index (Phi) is 3.55. The summed E-state index contributed by atoms with van der Waals surface area (Å²) in [5.74, 6) is 0.0588. The topological polar surface area (TPSA) is 30.0 Å². The van der Waals surface area contributed by atoms with Gasteiger partial charge in [-0.25, -0.2) is 4.98 Å². The molecule has 0 aliphatic heterocycles. The van der Waals surface area contributed by atoms with E-state index >= 15 is 0 Å². The van der Waals surface area contributed by atoms with E-state index in [-0.39, 0.29) is 5.78 Å². The monoisotopic (exact) mass is 245 g/mol. The van der Waals surface area contributed by atoms with Gasteiger partial charge in [-0.1, -0.05) is 35.9 Å². The molecule has 0 spiro atoms. The fraction of sp³-hybridized carbons (Fsp3) is 0.143. The summed E-state index contributed by atoms with van der Waals surface area (Å²) in [6.45, 7) is 2.00. The van der Waals surface area contributed by atoms with Crippen LogP contribution in [0.4, 0.5) is 0 Å². The lowest BCUT2D eigenvalue weighted by Crippen LogP contribution is -2.05. The predicted molar refractivity (Wildman–Crippen MR) is 68.5 cm³/mol. The van der Waals surface area contributed by atoms with Crippen molar-refractivity contribution in [2.75, 3.05) is 0 Å². The van der Waals surface area contributed by atoms with E-state index < -0.39 is 0 Å². The van der Waals surface area contributed by atoms with Gasteiger partial charge in [0, 0.05) is 18.2 Å². The van der Waals surface area contributed by atoms with Gasteiger partial charge in [0.15, 0.2) is 5.78 Å². The third-order valence-corrected chi connectivity index (χ3v) is 2.89. The second-order valence-corrected chi connectivity index (χ2v) is 4.28. The van der Waals surface area contributed by atoms with Crippen molar-refractivity contribution in [1.29, 1.82) is 0 Å². The fourth-order valence-corrected chi connectivity index (χ4v) is 1.74. The van der Waals surface area contributed by atoms with Crippen molar-refractivity contribution in [2.24, 2.45) is 0 Å². The second-order valence-electron chi connectivity index (χ2n) is 3.90. The SMILES string of the molecule is Cc1ccccc1CC(=O)c1ccc(Cl)nc1. The van der Waals surface area contributed by atoms with Crippen molar-refractivity contribution in [3.63, 3.8) is 0 Å². The Bertz CT molecular complexity index is 534. The third kappa shape index (κ3) is 2.92. The number of halogens is 1. The number of hydrogen-bond donors (Lipinski definition) is 0. The lowest BCUT2D eigenvalue weighted by Gasteiger charge is -2.04. The summed E-state index contributed by atoms with van der Waals surface area (Å²) >= 11 is 5.68. The molecule has 17 heavy (non-hydrogen) atoms. The number of carbonyl (C=O) groups excluding carboxylic acids is 1. The molecule has 0 saturated heterocycles. The van der Waals surface area contributed by atoms with Crippen molar-refractivity contribution in [3.8, 4) is 0 Å². The zero-order valence-electron chi connectivity index (χ0n) is 9.48. The largest absolute Gasteiger partial charge is 0.294 e. The quantitative estimate of drug-likeness (QED) is 0.612. The molecule has 0 unspecified atom stereocenters. The van der Waals surface area contributed by atoms with Gasteiger partial charge in [-0.15, -0.1) is 0 Å². The Morgan fingerprint density at radius 2 is 2.00 bits per heavy atom. The van der Waals surface area contributed by atoms with Gasteiger partial charge in [0.05, 0.1) is 0 Å². The van der Waals surface area contributed by atoms with Gasteiger partial charge < -0.3 is 0 Å². The van der Waals surface area contributed by atoms with Crippen molar-refractivity contribution in [3.05, 3.63) is 64.4 Å². The molecule has 0 atom stereocenters. The number of nitrogens with zero attached hydrogens (tertiary/aromatic N) is 1. The fourth-order valence-electron chi connectivity index (χ4n) is 1.62. The molecular formula is C14H12ClNO.